The van der Waals surface area contributed by atoms with Crippen LogP contribution in [0.5, 0.6) is 0 Å². The first kappa shape index (κ1) is 73.5. The number of aliphatic hydroxyl groups excluding tert-OH is 2. The van der Waals surface area contributed by atoms with Gasteiger partial charge < -0.3 is 34.2 Å². The van der Waals surface area contributed by atoms with Gasteiger partial charge in [-0.1, -0.05) is 252 Å². The lowest BCUT2D eigenvalue weighted by molar-refractivity contribution is -0.161. The molecule has 16 nitrogen and oxygen atoms in total. The summed E-state index contributed by atoms with van der Waals surface area (Å²) >= 11 is 0. The smallest absolute Gasteiger partial charge is 0.463 e. The van der Waals surface area contributed by atoms with Gasteiger partial charge in [-0.3, -0.25) is 32.5 Å². The molecule has 0 spiro atoms. The summed E-state index contributed by atoms with van der Waals surface area (Å²) in [6.07, 6.45) is 41.7. The van der Waals surface area contributed by atoms with Gasteiger partial charge in [-0.15, -0.1) is 0 Å². The molecule has 0 aromatic carbocycles. The number of aliphatic hydroxyl groups is 2. The summed E-state index contributed by atoms with van der Waals surface area (Å²) in [4.78, 5) is 58.0. The number of phosphoric acid groups is 2. The third-order valence-electron chi connectivity index (χ3n) is 13.3. The number of unbranched alkanes of at least 4 members (excludes halogenated alkanes) is 36. The largest absolute Gasteiger partial charge is 0.472 e. The molecule has 4 N–H and O–H groups in total. The summed E-state index contributed by atoms with van der Waals surface area (Å²) in [6.45, 7) is 2.70. The number of hydrogen-bond acceptors (Lipinski definition) is 14. The van der Waals surface area contributed by atoms with E-state index in [1.165, 1.54) is 167 Å². The Morgan fingerprint density at radius 2 is 0.547 bits per heavy atom. The van der Waals surface area contributed by atoms with E-state index in [1.807, 2.05) is 0 Å². The maximum Gasteiger partial charge on any atom is 0.472 e. The molecule has 0 aromatic rings. The number of rotatable bonds is 59. The van der Waals surface area contributed by atoms with Crippen LogP contribution in [0.15, 0.2) is 0 Å². The fraction of sp³-hybridized carbons (Fsp3) is 0.947. The summed E-state index contributed by atoms with van der Waals surface area (Å²) in [6, 6.07) is 0. The lowest BCUT2D eigenvalue weighted by Crippen LogP contribution is -2.30. The van der Waals surface area contributed by atoms with Crippen LogP contribution in [-0.4, -0.2) is 95.9 Å². The van der Waals surface area contributed by atoms with Crippen LogP contribution in [0, 0.1) is 0 Å². The second kappa shape index (κ2) is 53.2. The molecule has 0 aliphatic carbocycles. The maximum atomic E-state index is 12.8. The minimum Gasteiger partial charge on any atom is -0.463 e. The summed E-state index contributed by atoms with van der Waals surface area (Å²) in [5.74, 6) is -1.55. The van der Waals surface area contributed by atoms with E-state index in [2.05, 4.69) is 20.8 Å². The average molecular weight is 1120 g/mol. The van der Waals surface area contributed by atoms with E-state index in [0.29, 0.717) is 19.3 Å². The van der Waals surface area contributed by atoms with Crippen molar-refractivity contribution in [3.63, 3.8) is 0 Å². The van der Waals surface area contributed by atoms with Gasteiger partial charge in [0.05, 0.1) is 26.4 Å². The third kappa shape index (κ3) is 54.3. The summed E-state index contributed by atoms with van der Waals surface area (Å²) in [5, 5.41) is 20.4. The lowest BCUT2D eigenvalue weighted by Gasteiger charge is -2.21. The minimum absolute atomic E-state index is 0.115. The average Bonchev–Trinajstić information content (AvgIpc) is 3.38. The Bertz CT molecular complexity index is 1410. The van der Waals surface area contributed by atoms with Crippen molar-refractivity contribution in [3.8, 4) is 0 Å². The molecule has 5 atom stereocenters. The van der Waals surface area contributed by atoms with Crippen LogP contribution in [0.4, 0.5) is 0 Å². The molecule has 5 unspecified atom stereocenters. The van der Waals surface area contributed by atoms with Gasteiger partial charge in [0.15, 0.2) is 6.10 Å². The van der Waals surface area contributed by atoms with Gasteiger partial charge in [0.25, 0.3) is 0 Å². The first-order valence-electron chi connectivity index (χ1n) is 30.3. The van der Waals surface area contributed by atoms with Crippen molar-refractivity contribution in [2.75, 3.05) is 39.6 Å². The SMILES string of the molecule is CCCCCCCCCCCCCCCCCC(=O)OCC(O)COP(=O)(O)OCC(O)COP(=O)(O)OCC(COC(=O)CCCCCCCCCCCCCCC)OC(=O)CCCCCCCCCCCCC. The first-order valence-corrected chi connectivity index (χ1v) is 33.3. The molecule has 446 valence electrons. The van der Waals surface area contributed by atoms with Crippen molar-refractivity contribution in [2.45, 2.75) is 309 Å². The highest BCUT2D eigenvalue weighted by Crippen LogP contribution is 2.45. The van der Waals surface area contributed by atoms with E-state index in [1.54, 1.807) is 0 Å². The zero-order valence-corrected chi connectivity index (χ0v) is 49.5. The van der Waals surface area contributed by atoms with Crippen molar-refractivity contribution in [1.29, 1.82) is 0 Å². The number of ether oxygens (including phenoxy) is 3. The second-order valence-corrected chi connectivity index (χ2v) is 23.8. The molecule has 0 aliphatic rings. The van der Waals surface area contributed by atoms with Crippen LogP contribution >= 0.6 is 15.6 Å². The Morgan fingerprint density at radius 3 is 0.840 bits per heavy atom. The van der Waals surface area contributed by atoms with Crippen molar-refractivity contribution >= 4 is 33.6 Å². The zero-order chi connectivity index (χ0) is 55.4. The van der Waals surface area contributed by atoms with E-state index < -0.39 is 91.5 Å². The Balaban J connectivity index is 4.59. The van der Waals surface area contributed by atoms with Crippen LogP contribution in [0.2, 0.25) is 0 Å². The van der Waals surface area contributed by atoms with Crippen molar-refractivity contribution in [1.82, 2.24) is 0 Å². The molecule has 0 heterocycles. The highest BCUT2D eigenvalue weighted by atomic mass is 31.2. The van der Waals surface area contributed by atoms with E-state index in [4.69, 9.17) is 32.3 Å². The van der Waals surface area contributed by atoms with Crippen molar-refractivity contribution < 1.29 is 75.8 Å². The molecule has 0 bridgehead atoms. The molecule has 0 fully saturated rings. The molecule has 0 saturated carbocycles. The van der Waals surface area contributed by atoms with Crippen molar-refractivity contribution in [2.24, 2.45) is 0 Å². The molecule has 0 saturated heterocycles. The van der Waals surface area contributed by atoms with E-state index >= 15 is 0 Å². The molecule has 0 aromatic heterocycles. The third-order valence-corrected chi connectivity index (χ3v) is 15.2. The maximum absolute atomic E-state index is 12.8. The topological polar surface area (TPSA) is 231 Å². The molecule has 75 heavy (non-hydrogen) atoms. The number of esters is 3. The highest BCUT2D eigenvalue weighted by molar-refractivity contribution is 7.47. The molecule has 0 radical (unpaired) electrons. The number of carbonyl (C=O) groups is 3. The van der Waals surface area contributed by atoms with Gasteiger partial charge in [0, 0.05) is 19.3 Å². The number of carbonyl (C=O) groups excluding carboxylic acids is 3. The summed E-state index contributed by atoms with van der Waals surface area (Å²) in [5.41, 5.74) is 0. The highest BCUT2D eigenvalue weighted by Gasteiger charge is 2.29. The molecule has 18 heteroatoms. The Kier molecular flexibility index (Phi) is 52.2. The Morgan fingerprint density at radius 1 is 0.320 bits per heavy atom. The molecular weight excluding hydrogens is 1000 g/mol. The summed E-state index contributed by atoms with van der Waals surface area (Å²) < 4.78 is 60.6. The fourth-order valence-corrected chi connectivity index (χ4v) is 10.2. The van der Waals surface area contributed by atoms with Gasteiger partial charge in [-0.05, 0) is 19.3 Å². The van der Waals surface area contributed by atoms with Gasteiger partial charge in [-0.25, -0.2) is 9.13 Å². The van der Waals surface area contributed by atoms with Crippen LogP contribution in [-0.2, 0) is 55.8 Å². The zero-order valence-electron chi connectivity index (χ0n) is 47.8. The van der Waals surface area contributed by atoms with Crippen LogP contribution in [0.25, 0.3) is 0 Å². The normalized spacial score (nSPS) is 14.5. The molecular formula is C57H112O16P2. The minimum atomic E-state index is -4.90. The predicted octanol–water partition coefficient (Wildman–Crippen LogP) is 15.4. The molecule has 0 rings (SSSR count). The van der Waals surface area contributed by atoms with E-state index in [0.717, 1.165) is 64.2 Å². The second-order valence-electron chi connectivity index (χ2n) is 20.9. The van der Waals surface area contributed by atoms with Crippen LogP contribution in [0.1, 0.15) is 290 Å². The van der Waals surface area contributed by atoms with Crippen LogP contribution < -0.4 is 0 Å². The summed E-state index contributed by atoms with van der Waals surface area (Å²) in [7, 11) is -9.72. The first-order chi connectivity index (χ1) is 36.2. The molecule has 0 amide bonds. The van der Waals surface area contributed by atoms with Gasteiger partial charge >= 0.3 is 33.6 Å². The predicted molar refractivity (Wildman–Crippen MR) is 298 cm³/mol. The van der Waals surface area contributed by atoms with E-state index in [9.17, 15) is 43.5 Å². The monoisotopic (exact) mass is 1110 g/mol. The van der Waals surface area contributed by atoms with Crippen LogP contribution in [0.3, 0.4) is 0 Å². The molecule has 0 aliphatic heterocycles. The van der Waals surface area contributed by atoms with Crippen molar-refractivity contribution in [3.05, 3.63) is 0 Å². The van der Waals surface area contributed by atoms with Gasteiger partial charge in [-0.2, -0.15) is 0 Å². The van der Waals surface area contributed by atoms with E-state index in [-0.39, 0.29) is 19.3 Å². The quantitative estimate of drug-likeness (QED) is 0.0192. The Hall–Kier alpha value is -1.45. The fourth-order valence-electron chi connectivity index (χ4n) is 8.63. The van der Waals surface area contributed by atoms with Gasteiger partial charge in [0.2, 0.25) is 0 Å². The lowest BCUT2D eigenvalue weighted by atomic mass is 10.0. The van der Waals surface area contributed by atoms with Gasteiger partial charge in [0.1, 0.15) is 25.4 Å². The standard InChI is InChI=1S/C57H112O16P2/c1-4-7-10-13-16-19-22-24-25-27-30-31-34-37-40-43-55(60)67-46-52(58)47-69-74(63,64)70-48-53(59)49-71-75(65,66)72-51-54(73-57(62)45-42-39-36-33-28-21-18-15-12-9-6-3)50-68-56(61)44-41-38-35-32-29-26-23-20-17-14-11-8-5-2/h52-54,58-59H,4-51H2,1-3H3,(H,63,64)(H,65,66). The number of hydrogen-bond donors (Lipinski definition) is 4. The Labute approximate surface area is 456 Å². The number of phosphoric ester groups is 2.